The molecule has 100 valence electrons. The van der Waals surface area contributed by atoms with Crippen LogP contribution >= 0.6 is 24.0 Å². The molecule has 2 heterocycles. The predicted molar refractivity (Wildman–Crippen MR) is 77.8 cm³/mol. The van der Waals surface area contributed by atoms with Crippen molar-refractivity contribution in [3.05, 3.63) is 16.3 Å². The van der Waals surface area contributed by atoms with Gasteiger partial charge in [0, 0.05) is 42.5 Å². The van der Waals surface area contributed by atoms with E-state index in [0.29, 0.717) is 12.6 Å². The summed E-state index contributed by atoms with van der Waals surface area (Å²) in [5.41, 5.74) is 0. The van der Waals surface area contributed by atoms with Crippen molar-refractivity contribution in [3.63, 3.8) is 0 Å². The number of hydrogen-bond donors (Lipinski definition) is 2. The lowest BCUT2D eigenvalue weighted by atomic mass is 10.2. The van der Waals surface area contributed by atoms with Crippen molar-refractivity contribution in [3.8, 4) is 0 Å². The van der Waals surface area contributed by atoms with Gasteiger partial charge in [-0.1, -0.05) is 0 Å². The molecule has 1 aromatic heterocycles. The van der Waals surface area contributed by atoms with Gasteiger partial charge in [-0.2, -0.15) is 0 Å². The fourth-order valence-corrected chi connectivity index (χ4v) is 3.13. The van der Waals surface area contributed by atoms with E-state index in [1.54, 1.807) is 6.07 Å². The highest BCUT2D eigenvalue weighted by molar-refractivity contribution is 7.80. The van der Waals surface area contributed by atoms with Crippen LogP contribution in [-0.2, 0) is 0 Å². The first-order valence-corrected chi connectivity index (χ1v) is 7.33. The number of carbonyl (C=O) groups is 1. The van der Waals surface area contributed by atoms with Crippen LogP contribution in [0.2, 0.25) is 0 Å². The van der Waals surface area contributed by atoms with Crippen LogP contribution in [-0.4, -0.2) is 62.0 Å². The lowest BCUT2D eigenvalue weighted by Gasteiger charge is -2.37. The Morgan fingerprint density at radius 2 is 2.33 bits per heavy atom. The molecule has 0 aromatic carbocycles. The molecule has 1 aromatic rings. The van der Waals surface area contributed by atoms with Crippen LogP contribution in [0.5, 0.6) is 0 Å². The van der Waals surface area contributed by atoms with Crippen LogP contribution in [0.15, 0.2) is 16.3 Å². The summed E-state index contributed by atoms with van der Waals surface area (Å²) in [6, 6.07) is 2.20. The van der Waals surface area contributed by atoms with Crippen LogP contribution in [0.4, 0.5) is 0 Å². The van der Waals surface area contributed by atoms with Crippen molar-refractivity contribution in [2.75, 3.05) is 40.3 Å². The number of thiophene rings is 1. The molecule has 6 heteroatoms. The highest BCUT2D eigenvalue weighted by atomic mass is 32.1. The van der Waals surface area contributed by atoms with E-state index in [9.17, 15) is 4.79 Å². The number of hydrogen-bond acceptors (Lipinski definition) is 5. The van der Waals surface area contributed by atoms with E-state index in [1.165, 1.54) is 11.3 Å². The molecule has 0 spiro atoms. The molecule has 0 aliphatic carbocycles. The van der Waals surface area contributed by atoms with Gasteiger partial charge in [0.2, 0.25) is 0 Å². The Bertz CT molecular complexity index is 421. The second kappa shape index (κ2) is 6.06. The lowest BCUT2D eigenvalue weighted by molar-refractivity contribution is 0.0884. The van der Waals surface area contributed by atoms with Gasteiger partial charge in [-0.25, -0.2) is 0 Å². The third-order valence-electron chi connectivity index (χ3n) is 3.29. The number of thiol groups is 1. The highest BCUT2D eigenvalue weighted by Gasteiger charge is 2.22. The van der Waals surface area contributed by atoms with Gasteiger partial charge in [-0.05, 0) is 20.2 Å². The van der Waals surface area contributed by atoms with Crippen molar-refractivity contribution in [2.45, 2.75) is 10.9 Å². The number of piperazine rings is 1. The molecule has 1 unspecified atom stereocenters. The molecule has 1 saturated heterocycles. The molecule has 1 atom stereocenters. The van der Waals surface area contributed by atoms with E-state index in [2.05, 4.69) is 41.8 Å². The molecule has 0 saturated carbocycles. The molecule has 18 heavy (non-hydrogen) atoms. The minimum atomic E-state index is 0.00178. The Morgan fingerprint density at radius 1 is 1.56 bits per heavy atom. The summed E-state index contributed by atoms with van der Waals surface area (Å²) in [5.74, 6) is 0.00178. The zero-order valence-electron chi connectivity index (χ0n) is 10.7. The van der Waals surface area contributed by atoms with Crippen LogP contribution in [0.25, 0.3) is 0 Å². The number of carbonyl (C=O) groups excluding carboxylic acids is 1. The predicted octanol–water partition coefficient (Wildman–Crippen LogP) is 1.01. The normalized spacial score (nSPS) is 22.1. The zero-order chi connectivity index (χ0) is 13.1. The number of amides is 1. The third-order valence-corrected chi connectivity index (χ3v) is 4.65. The second-order valence-electron chi connectivity index (χ2n) is 4.78. The first-order chi connectivity index (χ1) is 8.56. The van der Waals surface area contributed by atoms with Gasteiger partial charge >= 0.3 is 0 Å². The topological polar surface area (TPSA) is 35.6 Å². The smallest absolute Gasteiger partial charge is 0.261 e. The number of likely N-dealkylation sites (N-methyl/N-ethyl adjacent to an activating group) is 2. The molecule has 1 aliphatic rings. The van der Waals surface area contributed by atoms with E-state index in [1.807, 2.05) is 5.38 Å². The maximum atomic E-state index is 11.9. The molecule has 1 amide bonds. The Morgan fingerprint density at radius 3 is 3.00 bits per heavy atom. The van der Waals surface area contributed by atoms with Gasteiger partial charge in [-0.15, -0.1) is 24.0 Å². The van der Waals surface area contributed by atoms with Crippen LogP contribution in [0.1, 0.15) is 9.67 Å². The average molecular weight is 285 g/mol. The summed E-state index contributed by atoms with van der Waals surface area (Å²) < 4.78 is 0. The van der Waals surface area contributed by atoms with Gasteiger partial charge in [0.05, 0.1) is 4.88 Å². The van der Waals surface area contributed by atoms with Crippen molar-refractivity contribution >= 4 is 29.9 Å². The maximum absolute atomic E-state index is 11.9. The molecule has 2 rings (SSSR count). The quantitative estimate of drug-likeness (QED) is 0.814. The van der Waals surface area contributed by atoms with E-state index < -0.39 is 0 Å². The molecule has 0 bridgehead atoms. The molecule has 1 N–H and O–H groups in total. The van der Waals surface area contributed by atoms with Gasteiger partial charge in [0.25, 0.3) is 5.91 Å². The monoisotopic (exact) mass is 285 g/mol. The number of rotatable bonds is 3. The van der Waals surface area contributed by atoms with Crippen molar-refractivity contribution < 1.29 is 4.79 Å². The fraction of sp³-hybridized carbons (Fsp3) is 0.583. The molecular formula is C12H19N3OS2. The Balaban J connectivity index is 1.85. The van der Waals surface area contributed by atoms with Gasteiger partial charge in [0.15, 0.2) is 0 Å². The van der Waals surface area contributed by atoms with Gasteiger partial charge in [0.1, 0.15) is 0 Å². The third kappa shape index (κ3) is 3.47. The highest BCUT2D eigenvalue weighted by Crippen LogP contribution is 2.17. The van der Waals surface area contributed by atoms with E-state index in [-0.39, 0.29) is 5.91 Å². The summed E-state index contributed by atoms with van der Waals surface area (Å²) in [7, 11) is 4.23. The van der Waals surface area contributed by atoms with Gasteiger partial charge in [-0.3, -0.25) is 9.69 Å². The van der Waals surface area contributed by atoms with E-state index in [4.69, 9.17) is 0 Å². The Hall–Kier alpha value is -0.560. The Kier molecular flexibility index (Phi) is 4.66. The Labute approximate surface area is 117 Å². The molecule has 0 radical (unpaired) electrons. The molecular weight excluding hydrogens is 266 g/mol. The minimum absolute atomic E-state index is 0.00178. The fourth-order valence-electron chi connectivity index (χ4n) is 2.06. The van der Waals surface area contributed by atoms with Crippen LogP contribution in [0, 0.1) is 0 Å². The maximum Gasteiger partial charge on any atom is 0.261 e. The standard InChI is InChI=1S/C12H19N3OS2/c1-14-3-4-15(2)9(7-14)6-13-12(16)11-5-10(17)8-18-11/h5,8-9,17H,3-4,6-7H2,1-2H3,(H,13,16). The van der Waals surface area contributed by atoms with Crippen molar-refractivity contribution in [2.24, 2.45) is 0 Å². The summed E-state index contributed by atoms with van der Waals surface area (Å²) in [5, 5.41) is 4.88. The minimum Gasteiger partial charge on any atom is -0.350 e. The molecule has 1 aliphatic heterocycles. The van der Waals surface area contributed by atoms with E-state index in [0.717, 1.165) is 29.4 Å². The largest absolute Gasteiger partial charge is 0.350 e. The van der Waals surface area contributed by atoms with Crippen LogP contribution in [0.3, 0.4) is 0 Å². The summed E-state index contributed by atoms with van der Waals surface area (Å²) in [6.45, 7) is 3.84. The van der Waals surface area contributed by atoms with Crippen molar-refractivity contribution in [1.82, 2.24) is 15.1 Å². The SMILES string of the molecule is CN1CCN(C)C(CNC(=O)c2cc(S)cs2)C1. The van der Waals surface area contributed by atoms with E-state index >= 15 is 0 Å². The van der Waals surface area contributed by atoms with Crippen LogP contribution < -0.4 is 5.32 Å². The number of nitrogens with one attached hydrogen (secondary N) is 1. The first-order valence-electron chi connectivity index (χ1n) is 6.00. The average Bonchev–Trinajstić information content (AvgIpc) is 2.77. The summed E-state index contributed by atoms with van der Waals surface area (Å²) >= 11 is 5.64. The number of nitrogens with zero attached hydrogens (tertiary/aromatic N) is 2. The summed E-state index contributed by atoms with van der Waals surface area (Å²) in [6.07, 6.45) is 0. The molecule has 4 nitrogen and oxygen atoms in total. The van der Waals surface area contributed by atoms with Crippen molar-refractivity contribution in [1.29, 1.82) is 0 Å². The zero-order valence-corrected chi connectivity index (χ0v) is 12.4. The summed E-state index contributed by atoms with van der Waals surface area (Å²) in [4.78, 5) is 18.1. The van der Waals surface area contributed by atoms with Gasteiger partial charge < -0.3 is 10.2 Å². The first kappa shape index (κ1) is 13.9. The molecule has 1 fully saturated rings. The second-order valence-corrected chi connectivity index (χ2v) is 6.20. The lowest BCUT2D eigenvalue weighted by Crippen LogP contribution is -2.54.